The number of thiophene rings is 1. The Labute approximate surface area is 125 Å². The van der Waals surface area contributed by atoms with Gasteiger partial charge in [-0.1, -0.05) is 26.7 Å². The number of nitrogens with one attached hydrogen (secondary N) is 1. The molecule has 0 saturated carbocycles. The number of aliphatic hydroxyl groups is 1. The van der Waals surface area contributed by atoms with Crippen LogP contribution in [-0.2, 0) is 12.8 Å². The van der Waals surface area contributed by atoms with Crippen LogP contribution >= 0.6 is 11.3 Å². The van der Waals surface area contributed by atoms with Crippen molar-refractivity contribution in [2.24, 2.45) is 5.92 Å². The summed E-state index contributed by atoms with van der Waals surface area (Å²) in [6, 6.07) is 1.90. The largest absolute Gasteiger partial charge is 0.394 e. The Morgan fingerprint density at radius 1 is 1.30 bits per heavy atom. The van der Waals surface area contributed by atoms with E-state index in [0.29, 0.717) is 0 Å². The molecule has 1 aliphatic rings. The molecule has 1 aliphatic carbocycles. The number of carbonyl (C=O) groups excluding carboxylic acids is 1. The zero-order chi connectivity index (χ0) is 14.5. The second kappa shape index (κ2) is 7.23. The Bertz CT molecular complexity index is 428. The quantitative estimate of drug-likeness (QED) is 0.896. The highest BCUT2D eigenvalue weighted by Gasteiger charge is 2.19. The monoisotopic (exact) mass is 295 g/mol. The second-order valence-electron chi connectivity index (χ2n) is 5.98. The molecule has 112 valence electrons. The smallest absolute Gasteiger partial charge is 0.261 e. The lowest BCUT2D eigenvalue weighted by molar-refractivity contribution is 0.0901. The molecule has 1 aromatic heterocycles. The number of fused-ring (bicyclic) bond motifs is 1. The van der Waals surface area contributed by atoms with E-state index in [2.05, 4.69) is 11.4 Å². The Morgan fingerprint density at radius 3 is 2.65 bits per heavy atom. The van der Waals surface area contributed by atoms with Crippen molar-refractivity contribution in [3.05, 3.63) is 21.4 Å². The van der Waals surface area contributed by atoms with E-state index in [0.717, 1.165) is 17.7 Å². The van der Waals surface area contributed by atoms with Crippen molar-refractivity contribution in [2.45, 2.75) is 58.4 Å². The summed E-state index contributed by atoms with van der Waals surface area (Å²) < 4.78 is 0. The van der Waals surface area contributed by atoms with Gasteiger partial charge in [-0.05, 0) is 43.2 Å². The van der Waals surface area contributed by atoms with Gasteiger partial charge in [0.15, 0.2) is 0 Å². The van der Waals surface area contributed by atoms with Crippen LogP contribution in [0.5, 0.6) is 0 Å². The number of aliphatic hydroxyl groups excluding tert-OH is 1. The fraction of sp³-hybridized carbons (Fsp3) is 0.688. The molecule has 2 rings (SSSR count). The fourth-order valence-corrected chi connectivity index (χ4v) is 3.78. The normalized spacial score (nSPS) is 17.2. The first-order valence-electron chi connectivity index (χ1n) is 7.65. The van der Waals surface area contributed by atoms with Crippen LogP contribution < -0.4 is 5.32 Å². The van der Waals surface area contributed by atoms with Crippen molar-refractivity contribution in [1.29, 1.82) is 0 Å². The summed E-state index contributed by atoms with van der Waals surface area (Å²) in [6.45, 7) is 4.01. The Kier molecular flexibility index (Phi) is 5.61. The number of hydrogen-bond donors (Lipinski definition) is 2. The maximum absolute atomic E-state index is 12.3. The van der Waals surface area contributed by atoms with E-state index in [1.165, 1.54) is 36.1 Å². The van der Waals surface area contributed by atoms with Crippen LogP contribution in [0.2, 0.25) is 0 Å². The van der Waals surface area contributed by atoms with E-state index >= 15 is 0 Å². The molecular weight excluding hydrogens is 270 g/mol. The van der Waals surface area contributed by atoms with Gasteiger partial charge in [-0.2, -0.15) is 0 Å². The number of carbonyl (C=O) groups is 1. The van der Waals surface area contributed by atoms with Gasteiger partial charge in [0.1, 0.15) is 0 Å². The van der Waals surface area contributed by atoms with Gasteiger partial charge in [0.05, 0.1) is 17.5 Å². The van der Waals surface area contributed by atoms with Gasteiger partial charge >= 0.3 is 0 Å². The minimum Gasteiger partial charge on any atom is -0.394 e. The van der Waals surface area contributed by atoms with Crippen LogP contribution in [0, 0.1) is 5.92 Å². The average molecular weight is 295 g/mol. The van der Waals surface area contributed by atoms with Crippen molar-refractivity contribution in [1.82, 2.24) is 5.32 Å². The van der Waals surface area contributed by atoms with Gasteiger partial charge in [-0.15, -0.1) is 11.3 Å². The van der Waals surface area contributed by atoms with Crippen LogP contribution in [-0.4, -0.2) is 23.7 Å². The number of amides is 1. The zero-order valence-corrected chi connectivity index (χ0v) is 13.3. The average Bonchev–Trinajstić information content (AvgIpc) is 2.78. The van der Waals surface area contributed by atoms with E-state index < -0.39 is 0 Å². The number of hydrogen-bond acceptors (Lipinski definition) is 3. The molecule has 0 saturated heterocycles. The summed E-state index contributed by atoms with van der Waals surface area (Å²) >= 11 is 1.64. The molecule has 0 fully saturated rings. The van der Waals surface area contributed by atoms with Crippen molar-refractivity contribution < 1.29 is 9.90 Å². The van der Waals surface area contributed by atoms with E-state index in [4.69, 9.17) is 0 Å². The van der Waals surface area contributed by atoms with Gasteiger partial charge in [-0.25, -0.2) is 0 Å². The van der Waals surface area contributed by atoms with Crippen LogP contribution in [0.3, 0.4) is 0 Å². The molecule has 0 radical (unpaired) electrons. The van der Waals surface area contributed by atoms with Gasteiger partial charge < -0.3 is 10.4 Å². The summed E-state index contributed by atoms with van der Waals surface area (Å²) in [4.78, 5) is 14.5. The zero-order valence-electron chi connectivity index (χ0n) is 12.4. The fourth-order valence-electron chi connectivity index (χ4n) is 2.62. The maximum Gasteiger partial charge on any atom is 0.261 e. The summed E-state index contributed by atoms with van der Waals surface area (Å²) in [5.74, 6) is 0.208. The first-order chi connectivity index (χ1) is 9.61. The first-order valence-corrected chi connectivity index (χ1v) is 8.46. The second-order valence-corrected chi connectivity index (χ2v) is 7.12. The van der Waals surface area contributed by atoms with Gasteiger partial charge in [0.25, 0.3) is 5.91 Å². The van der Waals surface area contributed by atoms with Crippen molar-refractivity contribution in [3.63, 3.8) is 0 Å². The van der Waals surface area contributed by atoms with Gasteiger partial charge in [0, 0.05) is 4.88 Å². The molecule has 0 unspecified atom stereocenters. The van der Waals surface area contributed by atoms with Crippen LogP contribution in [0.1, 0.15) is 59.6 Å². The van der Waals surface area contributed by atoms with Crippen LogP contribution in [0.4, 0.5) is 0 Å². The molecule has 1 heterocycles. The molecule has 1 atom stereocenters. The molecule has 1 aromatic rings. The minimum atomic E-state index is -0.160. The topological polar surface area (TPSA) is 49.3 Å². The molecule has 2 N–H and O–H groups in total. The number of aryl methyl sites for hydroxylation is 2. The summed E-state index contributed by atoms with van der Waals surface area (Å²) in [6.07, 6.45) is 7.29. The lowest BCUT2D eigenvalue weighted by Crippen LogP contribution is -2.40. The third-order valence-corrected chi connectivity index (χ3v) is 5.27. The minimum absolute atomic E-state index is 0.00546. The summed E-state index contributed by atoms with van der Waals surface area (Å²) in [5, 5.41) is 12.3. The molecule has 4 heteroatoms. The number of rotatable bonds is 4. The molecule has 0 bridgehead atoms. The summed E-state index contributed by atoms with van der Waals surface area (Å²) in [7, 11) is 0. The van der Waals surface area contributed by atoms with E-state index in [1.807, 2.05) is 13.8 Å². The highest BCUT2D eigenvalue weighted by atomic mass is 32.1. The molecule has 0 aromatic carbocycles. The van der Waals surface area contributed by atoms with Crippen molar-refractivity contribution >= 4 is 17.2 Å². The van der Waals surface area contributed by atoms with Crippen molar-refractivity contribution in [2.75, 3.05) is 6.61 Å². The van der Waals surface area contributed by atoms with E-state index in [1.54, 1.807) is 11.3 Å². The summed E-state index contributed by atoms with van der Waals surface area (Å²) in [5.41, 5.74) is 1.37. The molecule has 0 aliphatic heterocycles. The van der Waals surface area contributed by atoms with E-state index in [-0.39, 0.29) is 24.5 Å². The molecule has 3 nitrogen and oxygen atoms in total. The Balaban J connectivity index is 2.08. The van der Waals surface area contributed by atoms with Crippen molar-refractivity contribution in [3.8, 4) is 0 Å². The van der Waals surface area contributed by atoms with Gasteiger partial charge in [0.2, 0.25) is 0 Å². The highest BCUT2D eigenvalue weighted by Crippen LogP contribution is 2.28. The lowest BCUT2D eigenvalue weighted by atomic mass is 9.99. The molecule has 1 amide bonds. The molecule has 20 heavy (non-hydrogen) atoms. The standard InChI is InChI=1S/C16H25NO2S/c1-11(2)13(10-18)17-16(19)15-9-12-7-5-3-4-6-8-14(12)20-15/h9,11,13,18H,3-8,10H2,1-2H3,(H,17,19)/t13-/m1/s1. The third-order valence-electron chi connectivity index (χ3n) is 4.04. The Hall–Kier alpha value is -0.870. The lowest BCUT2D eigenvalue weighted by Gasteiger charge is -2.19. The molecular formula is C16H25NO2S. The highest BCUT2D eigenvalue weighted by molar-refractivity contribution is 7.14. The van der Waals surface area contributed by atoms with Gasteiger partial charge in [-0.3, -0.25) is 4.79 Å². The SMILES string of the molecule is CC(C)[C@@H](CO)NC(=O)c1cc2c(s1)CCCCCC2. The molecule has 0 spiro atoms. The van der Waals surface area contributed by atoms with Crippen LogP contribution in [0.25, 0.3) is 0 Å². The third kappa shape index (κ3) is 3.83. The Morgan fingerprint density at radius 2 is 2.00 bits per heavy atom. The predicted molar refractivity (Wildman–Crippen MR) is 83.4 cm³/mol. The first kappa shape index (κ1) is 15.5. The van der Waals surface area contributed by atoms with Crippen LogP contribution in [0.15, 0.2) is 6.07 Å². The van der Waals surface area contributed by atoms with E-state index in [9.17, 15) is 9.90 Å². The maximum atomic E-state index is 12.3. The predicted octanol–water partition coefficient (Wildman–Crippen LogP) is 3.15.